The Balaban J connectivity index is 2.01. The van der Waals surface area contributed by atoms with Gasteiger partial charge < -0.3 is 9.15 Å². The van der Waals surface area contributed by atoms with Crippen LogP contribution in [0.5, 0.6) is 0 Å². The summed E-state index contributed by atoms with van der Waals surface area (Å²) >= 11 is 0. The largest absolute Gasteiger partial charge is 0.498 e. The molecule has 0 aromatic carbocycles. The topological polar surface area (TPSA) is 22.4 Å². The number of hydrogen-bond donors (Lipinski definition) is 0. The van der Waals surface area contributed by atoms with E-state index in [2.05, 4.69) is 13.0 Å². The second-order valence-corrected chi connectivity index (χ2v) is 3.89. The molecular weight excluding hydrogens is 164 g/mol. The zero-order valence-electron chi connectivity index (χ0n) is 7.62. The molecule has 2 aliphatic rings. The molecule has 2 atom stereocenters. The van der Waals surface area contributed by atoms with Crippen LogP contribution in [0.4, 0.5) is 0 Å². The maximum atomic E-state index is 5.50. The summed E-state index contributed by atoms with van der Waals surface area (Å²) in [5, 5.41) is 0. The van der Waals surface area contributed by atoms with Gasteiger partial charge in [0, 0.05) is 18.8 Å². The molecule has 1 aliphatic carbocycles. The van der Waals surface area contributed by atoms with E-state index in [1.54, 1.807) is 6.26 Å². The highest BCUT2D eigenvalue weighted by Gasteiger charge is 2.33. The van der Waals surface area contributed by atoms with Gasteiger partial charge in [0.25, 0.3) is 0 Å². The summed E-state index contributed by atoms with van der Waals surface area (Å²) in [7, 11) is 0. The van der Waals surface area contributed by atoms with E-state index in [-0.39, 0.29) is 0 Å². The third-order valence-electron chi connectivity index (χ3n) is 3.11. The molecule has 1 aliphatic heterocycles. The van der Waals surface area contributed by atoms with Crippen LogP contribution >= 0.6 is 0 Å². The van der Waals surface area contributed by atoms with E-state index in [1.807, 2.05) is 6.26 Å². The zero-order valence-corrected chi connectivity index (χ0v) is 7.62. The van der Waals surface area contributed by atoms with Crippen LogP contribution in [0, 0.1) is 5.92 Å². The predicted octanol–water partition coefficient (Wildman–Crippen LogP) is 2.30. The van der Waals surface area contributed by atoms with E-state index in [9.17, 15) is 0 Å². The molecular formula is C11H12O2. The highest BCUT2D eigenvalue weighted by molar-refractivity contribution is 5.32. The van der Waals surface area contributed by atoms with Gasteiger partial charge in [-0.15, -0.1) is 0 Å². The Morgan fingerprint density at radius 3 is 3.31 bits per heavy atom. The minimum absolute atomic E-state index is 0.327. The monoisotopic (exact) mass is 176 g/mol. The normalized spacial score (nSPS) is 30.4. The quantitative estimate of drug-likeness (QED) is 0.605. The van der Waals surface area contributed by atoms with Crippen molar-refractivity contribution in [1.29, 1.82) is 0 Å². The summed E-state index contributed by atoms with van der Waals surface area (Å²) in [6, 6.07) is 2.06. The molecule has 0 unspecified atom stereocenters. The Bertz CT molecular complexity index is 362. The lowest BCUT2D eigenvalue weighted by atomic mass is 9.83. The van der Waals surface area contributed by atoms with Gasteiger partial charge in [-0.1, -0.05) is 0 Å². The van der Waals surface area contributed by atoms with Crippen molar-refractivity contribution in [2.24, 2.45) is 5.92 Å². The van der Waals surface area contributed by atoms with Crippen LogP contribution in [0.1, 0.15) is 18.2 Å². The molecule has 2 nitrogen and oxygen atoms in total. The number of fused-ring (bicyclic) bond motifs is 2. The second kappa shape index (κ2) is 2.41. The van der Waals surface area contributed by atoms with Crippen molar-refractivity contribution < 1.29 is 9.15 Å². The van der Waals surface area contributed by atoms with Crippen molar-refractivity contribution in [3.8, 4) is 0 Å². The molecule has 3 rings (SSSR count). The summed E-state index contributed by atoms with van der Waals surface area (Å²) in [6.45, 7) is 2.13. The first-order valence-electron chi connectivity index (χ1n) is 4.74. The molecule has 13 heavy (non-hydrogen) atoms. The molecule has 0 fully saturated rings. The lowest BCUT2D eigenvalue weighted by molar-refractivity contribution is 0.147. The van der Waals surface area contributed by atoms with Gasteiger partial charge in [0.2, 0.25) is 0 Å². The molecule has 0 amide bonds. The zero-order chi connectivity index (χ0) is 8.84. The van der Waals surface area contributed by atoms with Gasteiger partial charge in [-0.05, 0) is 24.1 Å². The van der Waals surface area contributed by atoms with E-state index in [0.717, 1.165) is 18.6 Å². The second-order valence-electron chi connectivity index (χ2n) is 3.89. The van der Waals surface area contributed by atoms with Crippen molar-refractivity contribution in [3.05, 3.63) is 35.5 Å². The highest BCUT2D eigenvalue weighted by Crippen LogP contribution is 2.37. The van der Waals surface area contributed by atoms with Crippen LogP contribution < -0.4 is 0 Å². The molecule has 1 aromatic rings. The summed E-state index contributed by atoms with van der Waals surface area (Å²) in [6.07, 6.45) is 6.08. The van der Waals surface area contributed by atoms with Crippen LogP contribution in [0.15, 0.2) is 28.6 Å². The van der Waals surface area contributed by atoms with E-state index in [4.69, 9.17) is 9.15 Å². The Morgan fingerprint density at radius 1 is 1.46 bits per heavy atom. The summed E-state index contributed by atoms with van der Waals surface area (Å²) in [5.74, 6) is 1.71. The van der Waals surface area contributed by atoms with Crippen LogP contribution in [0.2, 0.25) is 0 Å². The first-order valence-corrected chi connectivity index (χ1v) is 4.74. The van der Waals surface area contributed by atoms with Gasteiger partial charge in [0.05, 0.1) is 12.5 Å². The van der Waals surface area contributed by atoms with Crippen molar-refractivity contribution in [2.75, 3.05) is 0 Å². The minimum atomic E-state index is 0.327. The van der Waals surface area contributed by atoms with Crippen molar-refractivity contribution >= 4 is 0 Å². The molecule has 0 bridgehead atoms. The number of rotatable bonds is 0. The molecule has 0 saturated carbocycles. The summed E-state index contributed by atoms with van der Waals surface area (Å²) in [5.41, 5.74) is 2.77. The Hall–Kier alpha value is -1.18. The standard InChI is InChI=1S/C11H12O2/c1-7-10-5-11-8(2-3-12-11)4-9(10)6-13-7/h2-3,6-7,10H,4-5H2,1H3/t7-,10-/m0/s1. The van der Waals surface area contributed by atoms with Crippen molar-refractivity contribution in [1.82, 2.24) is 0 Å². The Morgan fingerprint density at radius 2 is 2.38 bits per heavy atom. The lowest BCUT2D eigenvalue weighted by Crippen LogP contribution is -2.22. The van der Waals surface area contributed by atoms with Crippen LogP contribution in [-0.4, -0.2) is 6.10 Å². The fourth-order valence-corrected chi connectivity index (χ4v) is 2.27. The van der Waals surface area contributed by atoms with Gasteiger partial charge in [0.1, 0.15) is 11.9 Å². The molecule has 0 spiro atoms. The smallest absolute Gasteiger partial charge is 0.108 e. The third kappa shape index (κ3) is 0.947. The summed E-state index contributed by atoms with van der Waals surface area (Å²) < 4.78 is 10.9. The summed E-state index contributed by atoms with van der Waals surface area (Å²) in [4.78, 5) is 0. The Kier molecular flexibility index (Phi) is 1.34. The SMILES string of the molecule is C[C@@H]1OC=C2Cc3ccoc3C[C@H]21. The fourth-order valence-electron chi connectivity index (χ4n) is 2.27. The molecule has 0 radical (unpaired) electrons. The van der Waals surface area contributed by atoms with Crippen molar-refractivity contribution in [3.63, 3.8) is 0 Å². The minimum Gasteiger partial charge on any atom is -0.498 e. The number of ether oxygens (including phenoxy) is 1. The lowest BCUT2D eigenvalue weighted by Gasteiger charge is -2.21. The highest BCUT2D eigenvalue weighted by atomic mass is 16.5. The molecule has 0 saturated heterocycles. The maximum Gasteiger partial charge on any atom is 0.108 e. The first kappa shape index (κ1) is 7.25. The molecule has 0 N–H and O–H groups in total. The van der Waals surface area contributed by atoms with Gasteiger partial charge in [-0.25, -0.2) is 0 Å². The van der Waals surface area contributed by atoms with E-state index in [1.165, 1.54) is 11.1 Å². The van der Waals surface area contributed by atoms with E-state index >= 15 is 0 Å². The first-order chi connectivity index (χ1) is 6.34. The van der Waals surface area contributed by atoms with E-state index < -0.39 is 0 Å². The number of hydrogen-bond acceptors (Lipinski definition) is 2. The third-order valence-corrected chi connectivity index (χ3v) is 3.11. The van der Waals surface area contributed by atoms with E-state index in [0.29, 0.717) is 12.0 Å². The van der Waals surface area contributed by atoms with Gasteiger partial charge in [-0.3, -0.25) is 0 Å². The van der Waals surface area contributed by atoms with Crippen LogP contribution in [0.3, 0.4) is 0 Å². The molecule has 1 aromatic heterocycles. The number of furan rings is 1. The molecule has 2 heteroatoms. The maximum absolute atomic E-state index is 5.50. The Labute approximate surface area is 77.2 Å². The fraction of sp³-hybridized carbons (Fsp3) is 0.455. The predicted molar refractivity (Wildman–Crippen MR) is 48.2 cm³/mol. The van der Waals surface area contributed by atoms with Crippen molar-refractivity contribution in [2.45, 2.75) is 25.9 Å². The molecule has 2 heterocycles. The van der Waals surface area contributed by atoms with Crippen LogP contribution in [0.25, 0.3) is 0 Å². The van der Waals surface area contributed by atoms with Gasteiger partial charge in [0.15, 0.2) is 0 Å². The van der Waals surface area contributed by atoms with Crippen LogP contribution in [-0.2, 0) is 17.6 Å². The average Bonchev–Trinajstić information content (AvgIpc) is 2.70. The van der Waals surface area contributed by atoms with Gasteiger partial charge >= 0.3 is 0 Å². The molecule has 68 valence electrons. The van der Waals surface area contributed by atoms with Gasteiger partial charge in [-0.2, -0.15) is 0 Å². The average molecular weight is 176 g/mol.